The van der Waals surface area contributed by atoms with E-state index in [-0.39, 0.29) is 0 Å². The van der Waals surface area contributed by atoms with Gasteiger partial charge in [0.15, 0.2) is 0 Å². The van der Waals surface area contributed by atoms with Crippen LogP contribution >= 0.6 is 0 Å². The lowest BCUT2D eigenvalue weighted by molar-refractivity contribution is 0.319. The maximum atomic E-state index is 6.06. The van der Waals surface area contributed by atoms with E-state index in [0.717, 1.165) is 43.8 Å². The van der Waals surface area contributed by atoms with Crippen molar-refractivity contribution in [3.63, 3.8) is 0 Å². The van der Waals surface area contributed by atoms with Crippen molar-refractivity contribution in [2.75, 3.05) is 18.9 Å². The van der Waals surface area contributed by atoms with E-state index in [0.29, 0.717) is 12.6 Å². The van der Waals surface area contributed by atoms with Gasteiger partial charge in [-0.15, -0.1) is 0 Å². The van der Waals surface area contributed by atoms with Crippen LogP contribution in [0.2, 0.25) is 0 Å². The zero-order valence-corrected chi connectivity index (χ0v) is 14.2. The van der Waals surface area contributed by atoms with Crippen LogP contribution in [0.3, 0.4) is 0 Å². The number of benzene rings is 1. The summed E-state index contributed by atoms with van der Waals surface area (Å²) >= 11 is 0. The van der Waals surface area contributed by atoms with Crippen LogP contribution in [-0.2, 0) is 13.0 Å². The summed E-state index contributed by atoms with van der Waals surface area (Å²) in [6.07, 6.45) is 8.70. The molecule has 0 amide bonds. The SMILES string of the molecule is CCCOc1ccc(CC(C)NCCCn2ccnc2)cc1N. The second-order valence-electron chi connectivity index (χ2n) is 5.93. The van der Waals surface area contributed by atoms with Crippen molar-refractivity contribution >= 4 is 5.69 Å². The van der Waals surface area contributed by atoms with Gasteiger partial charge in [0.2, 0.25) is 0 Å². The number of nitrogens with zero attached hydrogens (tertiary/aromatic N) is 2. The molecule has 0 bridgehead atoms. The largest absolute Gasteiger partial charge is 0.491 e. The molecule has 5 heteroatoms. The van der Waals surface area contributed by atoms with Crippen molar-refractivity contribution in [1.82, 2.24) is 14.9 Å². The molecule has 0 saturated heterocycles. The maximum absolute atomic E-state index is 6.06. The number of ether oxygens (including phenoxy) is 1. The summed E-state index contributed by atoms with van der Waals surface area (Å²) in [4.78, 5) is 4.05. The number of imidazole rings is 1. The molecule has 23 heavy (non-hydrogen) atoms. The number of hydrogen-bond donors (Lipinski definition) is 2. The number of nitrogen functional groups attached to an aromatic ring is 1. The van der Waals surface area contributed by atoms with Gasteiger partial charge in [0.25, 0.3) is 0 Å². The third-order valence-electron chi connectivity index (χ3n) is 3.72. The molecule has 2 rings (SSSR count). The second-order valence-corrected chi connectivity index (χ2v) is 5.93. The number of hydrogen-bond acceptors (Lipinski definition) is 4. The first kappa shape index (κ1) is 17.3. The van der Waals surface area contributed by atoms with Crippen LogP contribution in [0.25, 0.3) is 0 Å². The van der Waals surface area contributed by atoms with Gasteiger partial charge in [0.05, 0.1) is 18.6 Å². The van der Waals surface area contributed by atoms with Crippen LogP contribution in [0.4, 0.5) is 5.69 Å². The van der Waals surface area contributed by atoms with Gasteiger partial charge in [-0.1, -0.05) is 13.0 Å². The molecule has 1 unspecified atom stereocenters. The minimum absolute atomic E-state index is 0.416. The number of rotatable bonds is 10. The zero-order valence-electron chi connectivity index (χ0n) is 14.2. The molecule has 0 aliphatic rings. The van der Waals surface area contributed by atoms with Crippen LogP contribution in [0.1, 0.15) is 32.3 Å². The summed E-state index contributed by atoms with van der Waals surface area (Å²) < 4.78 is 7.71. The Labute approximate surface area is 138 Å². The Morgan fingerprint density at radius 1 is 1.39 bits per heavy atom. The van der Waals surface area contributed by atoms with Gasteiger partial charge in [0.1, 0.15) is 5.75 Å². The van der Waals surface area contributed by atoms with Crippen LogP contribution in [0, 0.1) is 0 Å². The van der Waals surface area contributed by atoms with Crippen molar-refractivity contribution in [1.29, 1.82) is 0 Å². The van der Waals surface area contributed by atoms with E-state index in [1.54, 1.807) is 0 Å². The van der Waals surface area contributed by atoms with E-state index in [1.165, 1.54) is 5.56 Å². The van der Waals surface area contributed by atoms with Crippen LogP contribution in [0.15, 0.2) is 36.9 Å². The summed E-state index contributed by atoms with van der Waals surface area (Å²) in [5, 5.41) is 3.56. The van der Waals surface area contributed by atoms with Crippen LogP contribution in [-0.4, -0.2) is 28.7 Å². The number of anilines is 1. The quantitative estimate of drug-likeness (QED) is 0.522. The fourth-order valence-electron chi connectivity index (χ4n) is 2.52. The van der Waals surface area contributed by atoms with E-state index >= 15 is 0 Å². The molecule has 1 aromatic heterocycles. The zero-order chi connectivity index (χ0) is 16.5. The summed E-state index contributed by atoms with van der Waals surface area (Å²) in [5.41, 5.74) is 8.02. The van der Waals surface area contributed by atoms with Gasteiger partial charge in [0, 0.05) is 25.0 Å². The Bertz CT molecular complexity index is 568. The minimum Gasteiger partial charge on any atom is -0.491 e. The first-order valence-corrected chi connectivity index (χ1v) is 8.39. The fraction of sp³-hybridized carbons (Fsp3) is 0.500. The highest BCUT2D eigenvalue weighted by atomic mass is 16.5. The average molecular weight is 316 g/mol. The molecule has 0 fully saturated rings. The van der Waals surface area contributed by atoms with Crippen molar-refractivity contribution in [2.24, 2.45) is 0 Å². The molecule has 1 heterocycles. The number of aromatic nitrogens is 2. The lowest BCUT2D eigenvalue weighted by Gasteiger charge is -2.15. The van der Waals surface area contributed by atoms with Crippen LogP contribution in [0.5, 0.6) is 5.75 Å². The summed E-state index contributed by atoms with van der Waals surface area (Å²) in [6.45, 7) is 6.99. The van der Waals surface area contributed by atoms with Crippen molar-refractivity contribution in [3.8, 4) is 5.75 Å². The molecule has 2 aromatic rings. The first-order chi connectivity index (χ1) is 11.2. The van der Waals surface area contributed by atoms with Gasteiger partial charge < -0.3 is 20.4 Å². The van der Waals surface area contributed by atoms with Gasteiger partial charge in [-0.25, -0.2) is 4.98 Å². The first-order valence-electron chi connectivity index (χ1n) is 8.39. The molecule has 0 saturated carbocycles. The van der Waals surface area contributed by atoms with E-state index in [2.05, 4.69) is 34.8 Å². The van der Waals surface area contributed by atoms with Gasteiger partial charge in [-0.2, -0.15) is 0 Å². The lowest BCUT2D eigenvalue weighted by Crippen LogP contribution is -2.29. The molecule has 3 N–H and O–H groups in total. The highest BCUT2D eigenvalue weighted by molar-refractivity contribution is 5.54. The number of aryl methyl sites for hydroxylation is 1. The van der Waals surface area contributed by atoms with Crippen LogP contribution < -0.4 is 15.8 Å². The molecule has 0 radical (unpaired) electrons. The molecular formula is C18H28N4O. The summed E-state index contributed by atoms with van der Waals surface area (Å²) in [5.74, 6) is 0.788. The summed E-state index contributed by atoms with van der Waals surface area (Å²) in [7, 11) is 0. The van der Waals surface area contributed by atoms with Crippen molar-refractivity contribution in [2.45, 2.75) is 45.7 Å². The second kappa shape index (κ2) is 9.20. The standard InChI is InChI=1S/C18H28N4O/c1-3-11-23-18-6-5-16(13-17(18)19)12-15(2)21-7-4-9-22-10-8-20-14-22/h5-6,8,10,13-15,21H,3-4,7,9,11-12,19H2,1-2H3. The Morgan fingerprint density at radius 2 is 2.26 bits per heavy atom. The normalized spacial score (nSPS) is 12.3. The number of nitrogens with one attached hydrogen (secondary N) is 1. The van der Waals surface area contributed by atoms with Crippen molar-refractivity contribution < 1.29 is 4.74 Å². The van der Waals surface area contributed by atoms with Gasteiger partial charge in [-0.3, -0.25) is 0 Å². The molecule has 1 atom stereocenters. The third kappa shape index (κ3) is 5.94. The van der Waals surface area contributed by atoms with E-state index in [1.807, 2.05) is 30.9 Å². The third-order valence-corrected chi connectivity index (χ3v) is 3.72. The Kier molecular flexibility index (Phi) is 6.94. The highest BCUT2D eigenvalue weighted by Crippen LogP contribution is 2.23. The predicted molar refractivity (Wildman–Crippen MR) is 94.7 cm³/mol. The molecule has 0 aliphatic heterocycles. The minimum atomic E-state index is 0.416. The molecule has 126 valence electrons. The molecule has 5 nitrogen and oxygen atoms in total. The summed E-state index contributed by atoms with van der Waals surface area (Å²) in [6, 6.07) is 6.52. The Morgan fingerprint density at radius 3 is 2.96 bits per heavy atom. The topological polar surface area (TPSA) is 65.1 Å². The Hall–Kier alpha value is -2.01. The number of nitrogens with two attached hydrogens (primary N) is 1. The molecule has 0 aliphatic carbocycles. The van der Waals surface area contributed by atoms with E-state index < -0.39 is 0 Å². The van der Waals surface area contributed by atoms with Gasteiger partial charge >= 0.3 is 0 Å². The maximum Gasteiger partial charge on any atom is 0.142 e. The average Bonchev–Trinajstić information content (AvgIpc) is 3.04. The fourth-order valence-corrected chi connectivity index (χ4v) is 2.52. The predicted octanol–water partition coefficient (Wildman–Crippen LogP) is 2.87. The monoisotopic (exact) mass is 316 g/mol. The Balaban J connectivity index is 1.71. The van der Waals surface area contributed by atoms with Gasteiger partial charge in [-0.05, 0) is 50.4 Å². The van der Waals surface area contributed by atoms with E-state index in [9.17, 15) is 0 Å². The lowest BCUT2D eigenvalue weighted by atomic mass is 10.1. The van der Waals surface area contributed by atoms with Crippen molar-refractivity contribution in [3.05, 3.63) is 42.5 Å². The van der Waals surface area contributed by atoms with E-state index in [4.69, 9.17) is 10.5 Å². The smallest absolute Gasteiger partial charge is 0.142 e. The molecule has 1 aromatic carbocycles. The molecular weight excluding hydrogens is 288 g/mol. The molecule has 0 spiro atoms. The highest BCUT2D eigenvalue weighted by Gasteiger charge is 2.06.